The molecule has 0 saturated heterocycles. The predicted molar refractivity (Wildman–Crippen MR) is 64.4 cm³/mol. The zero-order chi connectivity index (χ0) is 11.4. The van der Waals surface area contributed by atoms with Crippen LogP contribution in [-0.2, 0) is 6.54 Å². The predicted octanol–water partition coefficient (Wildman–Crippen LogP) is 3.42. The molecule has 15 heavy (non-hydrogen) atoms. The molecule has 1 unspecified atom stereocenters. The summed E-state index contributed by atoms with van der Waals surface area (Å²) in [6, 6.07) is 5.23. The van der Waals surface area contributed by atoms with E-state index in [9.17, 15) is 4.39 Å². The number of hydrogen-bond acceptors (Lipinski definition) is 2. The maximum atomic E-state index is 13.6. The molecule has 0 aliphatic rings. The summed E-state index contributed by atoms with van der Waals surface area (Å²) >= 11 is 1.58. The maximum Gasteiger partial charge on any atom is 0.137 e. The Bertz CT molecular complexity index is 325. The summed E-state index contributed by atoms with van der Waals surface area (Å²) in [6.07, 6.45) is 0. The zero-order valence-corrected chi connectivity index (χ0v) is 10.3. The average Bonchev–Trinajstić information content (AvgIpc) is 2.20. The van der Waals surface area contributed by atoms with Gasteiger partial charge in [-0.1, -0.05) is 26.8 Å². The van der Waals surface area contributed by atoms with Crippen molar-refractivity contribution in [2.45, 2.75) is 37.5 Å². The minimum Gasteiger partial charge on any atom is -0.326 e. The lowest BCUT2D eigenvalue weighted by Gasteiger charge is -2.15. The molecule has 0 spiro atoms. The van der Waals surface area contributed by atoms with E-state index in [4.69, 9.17) is 5.73 Å². The highest BCUT2D eigenvalue weighted by atomic mass is 32.2. The highest BCUT2D eigenvalue weighted by Gasteiger charge is 2.11. The van der Waals surface area contributed by atoms with Crippen molar-refractivity contribution in [3.8, 4) is 0 Å². The van der Waals surface area contributed by atoms with E-state index in [0.717, 1.165) is 5.56 Å². The number of halogens is 1. The Morgan fingerprint density at radius 1 is 1.33 bits per heavy atom. The van der Waals surface area contributed by atoms with Gasteiger partial charge in [-0.05, 0) is 23.6 Å². The summed E-state index contributed by atoms with van der Waals surface area (Å²) in [5.41, 5.74) is 6.29. The molecule has 0 aliphatic heterocycles. The van der Waals surface area contributed by atoms with E-state index in [1.165, 1.54) is 6.07 Å². The third kappa shape index (κ3) is 3.50. The molecule has 2 N–H and O–H groups in total. The van der Waals surface area contributed by atoms with Gasteiger partial charge in [-0.15, -0.1) is 11.8 Å². The molecule has 1 aromatic carbocycles. The summed E-state index contributed by atoms with van der Waals surface area (Å²) in [5.74, 6) is 0.388. The topological polar surface area (TPSA) is 26.0 Å². The highest BCUT2D eigenvalue weighted by Crippen LogP contribution is 2.30. The second kappa shape index (κ2) is 5.52. The van der Waals surface area contributed by atoms with Crippen LogP contribution >= 0.6 is 11.8 Å². The largest absolute Gasteiger partial charge is 0.326 e. The Labute approximate surface area is 95.2 Å². The lowest BCUT2D eigenvalue weighted by molar-refractivity contribution is 0.595. The number of thioether (sulfide) groups is 1. The Morgan fingerprint density at radius 3 is 2.47 bits per heavy atom. The van der Waals surface area contributed by atoms with Crippen molar-refractivity contribution in [1.82, 2.24) is 0 Å². The third-order valence-electron chi connectivity index (χ3n) is 2.48. The molecular formula is C12H18FNS. The van der Waals surface area contributed by atoms with Gasteiger partial charge in [0.2, 0.25) is 0 Å². The van der Waals surface area contributed by atoms with Crippen LogP contribution < -0.4 is 5.73 Å². The first-order chi connectivity index (χ1) is 7.04. The zero-order valence-electron chi connectivity index (χ0n) is 9.46. The minimum absolute atomic E-state index is 0.157. The molecule has 0 aromatic heterocycles. The fourth-order valence-corrected chi connectivity index (χ4v) is 2.09. The van der Waals surface area contributed by atoms with Crippen LogP contribution in [0.3, 0.4) is 0 Å². The van der Waals surface area contributed by atoms with Crippen LogP contribution in [0.5, 0.6) is 0 Å². The van der Waals surface area contributed by atoms with Crippen molar-refractivity contribution in [3.63, 3.8) is 0 Å². The molecule has 0 bridgehead atoms. The monoisotopic (exact) mass is 227 g/mol. The summed E-state index contributed by atoms with van der Waals surface area (Å²) in [7, 11) is 0. The molecule has 0 aliphatic carbocycles. The van der Waals surface area contributed by atoms with Crippen molar-refractivity contribution in [1.29, 1.82) is 0 Å². The fraction of sp³-hybridized carbons (Fsp3) is 0.500. The van der Waals surface area contributed by atoms with Crippen LogP contribution in [-0.4, -0.2) is 5.25 Å². The number of hydrogen-bond donors (Lipinski definition) is 1. The van der Waals surface area contributed by atoms with E-state index in [0.29, 0.717) is 22.6 Å². The van der Waals surface area contributed by atoms with E-state index in [1.54, 1.807) is 11.8 Å². The first kappa shape index (κ1) is 12.5. The van der Waals surface area contributed by atoms with Gasteiger partial charge in [0.05, 0.1) is 0 Å². The molecule has 0 fully saturated rings. The molecule has 3 heteroatoms. The molecule has 1 rings (SSSR count). The Morgan fingerprint density at radius 2 is 2.00 bits per heavy atom. The van der Waals surface area contributed by atoms with Gasteiger partial charge >= 0.3 is 0 Å². The molecule has 1 aromatic rings. The van der Waals surface area contributed by atoms with E-state index >= 15 is 0 Å². The highest BCUT2D eigenvalue weighted by molar-refractivity contribution is 8.00. The van der Waals surface area contributed by atoms with Crippen molar-refractivity contribution >= 4 is 11.8 Å². The second-order valence-electron chi connectivity index (χ2n) is 4.04. The maximum absolute atomic E-state index is 13.6. The van der Waals surface area contributed by atoms with Gasteiger partial charge in [-0.3, -0.25) is 0 Å². The number of rotatable bonds is 4. The normalized spacial score (nSPS) is 13.2. The molecule has 84 valence electrons. The van der Waals surface area contributed by atoms with Crippen LogP contribution in [0.1, 0.15) is 26.3 Å². The van der Waals surface area contributed by atoms with Crippen LogP contribution in [0.2, 0.25) is 0 Å². The Balaban J connectivity index is 2.78. The SMILES string of the molecule is CC(C)C(C)Sc1ccc(CN)cc1F. The van der Waals surface area contributed by atoms with E-state index < -0.39 is 0 Å². The molecular weight excluding hydrogens is 209 g/mol. The van der Waals surface area contributed by atoms with Crippen LogP contribution in [0.15, 0.2) is 23.1 Å². The van der Waals surface area contributed by atoms with Crippen LogP contribution in [0.4, 0.5) is 4.39 Å². The van der Waals surface area contributed by atoms with Crippen molar-refractivity contribution in [2.75, 3.05) is 0 Å². The van der Waals surface area contributed by atoms with Gasteiger partial charge < -0.3 is 5.73 Å². The van der Waals surface area contributed by atoms with Gasteiger partial charge in [-0.25, -0.2) is 4.39 Å². The molecule has 0 heterocycles. The first-order valence-electron chi connectivity index (χ1n) is 5.19. The molecule has 0 radical (unpaired) electrons. The van der Waals surface area contributed by atoms with Crippen molar-refractivity contribution in [3.05, 3.63) is 29.6 Å². The van der Waals surface area contributed by atoms with Crippen LogP contribution in [0.25, 0.3) is 0 Å². The first-order valence-corrected chi connectivity index (χ1v) is 6.07. The second-order valence-corrected chi connectivity index (χ2v) is 5.45. The van der Waals surface area contributed by atoms with E-state index in [-0.39, 0.29) is 5.82 Å². The number of nitrogens with two attached hydrogens (primary N) is 1. The summed E-state index contributed by atoms with van der Waals surface area (Å²) in [6.45, 7) is 6.79. The fourth-order valence-electron chi connectivity index (χ4n) is 1.10. The molecule has 1 nitrogen and oxygen atoms in total. The van der Waals surface area contributed by atoms with E-state index in [2.05, 4.69) is 20.8 Å². The third-order valence-corrected chi connectivity index (χ3v) is 3.98. The average molecular weight is 227 g/mol. The molecule has 0 saturated carbocycles. The van der Waals surface area contributed by atoms with E-state index in [1.807, 2.05) is 12.1 Å². The summed E-state index contributed by atoms with van der Waals surface area (Å²) in [5, 5.41) is 0.420. The lowest BCUT2D eigenvalue weighted by Crippen LogP contribution is -2.06. The van der Waals surface area contributed by atoms with Crippen molar-refractivity contribution in [2.24, 2.45) is 11.7 Å². The Kier molecular flexibility index (Phi) is 4.61. The van der Waals surface area contributed by atoms with Gasteiger partial charge in [0.1, 0.15) is 5.82 Å². The van der Waals surface area contributed by atoms with Gasteiger partial charge in [0, 0.05) is 16.7 Å². The van der Waals surface area contributed by atoms with Crippen molar-refractivity contribution < 1.29 is 4.39 Å². The quantitative estimate of drug-likeness (QED) is 0.798. The summed E-state index contributed by atoms with van der Waals surface area (Å²) in [4.78, 5) is 0.716. The number of benzene rings is 1. The molecule has 1 atom stereocenters. The summed E-state index contributed by atoms with van der Waals surface area (Å²) < 4.78 is 13.6. The molecule has 0 amide bonds. The van der Waals surface area contributed by atoms with Gasteiger partial charge in [0.25, 0.3) is 0 Å². The minimum atomic E-state index is -0.157. The lowest BCUT2D eigenvalue weighted by atomic mass is 10.2. The van der Waals surface area contributed by atoms with Gasteiger partial charge in [-0.2, -0.15) is 0 Å². The van der Waals surface area contributed by atoms with Gasteiger partial charge in [0.15, 0.2) is 0 Å². The smallest absolute Gasteiger partial charge is 0.137 e. The van der Waals surface area contributed by atoms with Crippen LogP contribution in [0, 0.1) is 11.7 Å². The Hall–Kier alpha value is -0.540. The standard InChI is InChI=1S/C12H18FNS/c1-8(2)9(3)15-12-5-4-10(7-14)6-11(12)13/h4-6,8-9H,7,14H2,1-3H3.